The van der Waals surface area contributed by atoms with Gasteiger partial charge >= 0.3 is 0 Å². The smallest absolute Gasteiger partial charge is 0.259 e. The highest BCUT2D eigenvalue weighted by molar-refractivity contribution is 7.89. The van der Waals surface area contributed by atoms with Crippen molar-refractivity contribution in [3.05, 3.63) is 47.5 Å². The van der Waals surface area contributed by atoms with Crippen molar-refractivity contribution in [1.29, 1.82) is 0 Å². The number of amides is 1. The van der Waals surface area contributed by atoms with Crippen LogP contribution < -0.4 is 14.8 Å². The van der Waals surface area contributed by atoms with Gasteiger partial charge in [-0.3, -0.25) is 4.79 Å². The quantitative estimate of drug-likeness (QED) is 0.711. The lowest BCUT2D eigenvalue weighted by Crippen LogP contribution is -2.40. The molecule has 1 amide bonds. The molecule has 2 aliphatic rings. The van der Waals surface area contributed by atoms with Crippen molar-refractivity contribution in [2.75, 3.05) is 38.2 Å². The molecule has 2 atom stereocenters. The minimum atomic E-state index is -3.81. The highest BCUT2D eigenvalue weighted by atomic mass is 32.2. The number of nitrogens with zero attached hydrogens (tertiary/aromatic N) is 1. The first-order chi connectivity index (χ1) is 15.3. The number of anilines is 1. The van der Waals surface area contributed by atoms with E-state index < -0.39 is 10.0 Å². The van der Waals surface area contributed by atoms with Gasteiger partial charge in [-0.05, 0) is 38.1 Å². The Kier molecular flexibility index (Phi) is 6.41. The van der Waals surface area contributed by atoms with Crippen LogP contribution in [0.1, 0.15) is 42.6 Å². The molecule has 2 heterocycles. The van der Waals surface area contributed by atoms with Crippen LogP contribution in [0.4, 0.5) is 5.69 Å². The van der Waals surface area contributed by atoms with E-state index in [1.807, 2.05) is 19.1 Å². The van der Waals surface area contributed by atoms with Crippen LogP contribution in [0.5, 0.6) is 11.5 Å². The fourth-order valence-electron chi connectivity index (χ4n) is 3.95. The second-order valence-electron chi connectivity index (χ2n) is 7.90. The fraction of sp³-hybridized carbons (Fsp3) is 0.435. The number of morpholine rings is 1. The summed E-state index contributed by atoms with van der Waals surface area (Å²) in [4.78, 5) is 13.1. The molecule has 2 aromatic carbocycles. The Morgan fingerprint density at radius 1 is 1.19 bits per heavy atom. The molecule has 1 fully saturated rings. The summed E-state index contributed by atoms with van der Waals surface area (Å²) in [5, 5.41) is 2.82. The van der Waals surface area contributed by atoms with E-state index in [9.17, 15) is 13.2 Å². The fourth-order valence-corrected chi connectivity index (χ4v) is 5.52. The van der Waals surface area contributed by atoms with Gasteiger partial charge in [0.25, 0.3) is 5.91 Å². The van der Waals surface area contributed by atoms with Crippen molar-refractivity contribution in [2.45, 2.75) is 37.7 Å². The maximum Gasteiger partial charge on any atom is 0.259 e. The van der Waals surface area contributed by atoms with Gasteiger partial charge in [-0.25, -0.2) is 8.42 Å². The molecule has 0 aromatic heterocycles. The second kappa shape index (κ2) is 9.09. The molecular formula is C23H28N2O6S. The molecule has 2 aromatic rings. The van der Waals surface area contributed by atoms with Crippen LogP contribution in [0.15, 0.2) is 41.3 Å². The van der Waals surface area contributed by atoms with E-state index in [1.54, 1.807) is 25.1 Å². The number of carbonyl (C=O) groups is 1. The summed E-state index contributed by atoms with van der Waals surface area (Å²) in [6, 6.07) is 10.2. The van der Waals surface area contributed by atoms with Crippen molar-refractivity contribution in [1.82, 2.24) is 4.31 Å². The number of sulfonamides is 1. The van der Waals surface area contributed by atoms with Crippen molar-refractivity contribution >= 4 is 21.6 Å². The van der Waals surface area contributed by atoms with Gasteiger partial charge in [0.1, 0.15) is 22.5 Å². The van der Waals surface area contributed by atoms with Crippen LogP contribution in [0.25, 0.3) is 0 Å². The van der Waals surface area contributed by atoms with E-state index >= 15 is 0 Å². The Bertz CT molecular complexity index is 1110. The Balaban J connectivity index is 1.64. The number of nitrogens with one attached hydrogen (secondary N) is 1. The Labute approximate surface area is 188 Å². The van der Waals surface area contributed by atoms with Crippen LogP contribution in [-0.4, -0.2) is 57.6 Å². The topological polar surface area (TPSA) is 94.2 Å². The lowest BCUT2D eigenvalue weighted by Gasteiger charge is -2.27. The van der Waals surface area contributed by atoms with E-state index in [1.165, 1.54) is 10.4 Å². The third-order valence-corrected chi connectivity index (χ3v) is 7.80. The van der Waals surface area contributed by atoms with Gasteiger partial charge in [-0.1, -0.05) is 19.1 Å². The SMILES string of the molecule is CCOc1ccc(NC(=O)c2cccc3c2O[C@@H](C)[C@@H]3C)cc1S(=O)(=O)N1CCOCC1. The maximum atomic E-state index is 13.3. The first-order valence-electron chi connectivity index (χ1n) is 10.8. The lowest BCUT2D eigenvalue weighted by atomic mass is 9.97. The second-order valence-corrected chi connectivity index (χ2v) is 9.81. The van der Waals surface area contributed by atoms with Crippen molar-refractivity contribution in [2.24, 2.45) is 0 Å². The number of hydrogen-bond acceptors (Lipinski definition) is 6. The summed E-state index contributed by atoms with van der Waals surface area (Å²) < 4.78 is 44.7. The average Bonchev–Trinajstić information content (AvgIpc) is 3.09. The molecule has 1 N–H and O–H groups in total. The van der Waals surface area contributed by atoms with Crippen molar-refractivity contribution in [3.63, 3.8) is 0 Å². The lowest BCUT2D eigenvalue weighted by molar-refractivity contribution is 0.0729. The maximum absolute atomic E-state index is 13.3. The number of fused-ring (bicyclic) bond motifs is 1. The van der Waals surface area contributed by atoms with Gasteiger partial charge in [0.05, 0.1) is 25.4 Å². The molecule has 2 aliphatic heterocycles. The minimum absolute atomic E-state index is 0.0188. The molecule has 0 saturated carbocycles. The summed E-state index contributed by atoms with van der Waals surface area (Å²) in [6.07, 6.45) is -0.0188. The van der Waals surface area contributed by atoms with Crippen LogP contribution in [0.3, 0.4) is 0 Å². The molecule has 0 bridgehead atoms. The van der Waals surface area contributed by atoms with Crippen LogP contribution in [-0.2, 0) is 14.8 Å². The third kappa shape index (κ3) is 4.20. The monoisotopic (exact) mass is 460 g/mol. The number of para-hydroxylation sites is 1. The van der Waals surface area contributed by atoms with Crippen LogP contribution in [0.2, 0.25) is 0 Å². The molecule has 0 aliphatic carbocycles. The van der Waals surface area contributed by atoms with E-state index in [0.29, 0.717) is 36.8 Å². The van der Waals surface area contributed by atoms with Crippen molar-refractivity contribution < 1.29 is 27.4 Å². The van der Waals surface area contributed by atoms with E-state index in [-0.39, 0.29) is 41.7 Å². The van der Waals surface area contributed by atoms with Crippen molar-refractivity contribution in [3.8, 4) is 11.5 Å². The zero-order valence-electron chi connectivity index (χ0n) is 18.5. The average molecular weight is 461 g/mol. The molecule has 0 radical (unpaired) electrons. The number of rotatable bonds is 6. The highest BCUT2D eigenvalue weighted by Gasteiger charge is 2.32. The van der Waals surface area contributed by atoms with Gasteiger partial charge in [0.2, 0.25) is 10.0 Å². The minimum Gasteiger partial charge on any atom is -0.492 e. The van der Waals surface area contributed by atoms with Gasteiger partial charge in [-0.2, -0.15) is 4.31 Å². The molecule has 0 spiro atoms. The Morgan fingerprint density at radius 3 is 2.66 bits per heavy atom. The molecule has 32 heavy (non-hydrogen) atoms. The van der Waals surface area contributed by atoms with Gasteiger partial charge in [0.15, 0.2) is 0 Å². The number of hydrogen-bond donors (Lipinski definition) is 1. The molecule has 9 heteroatoms. The van der Waals surface area contributed by atoms with Crippen LogP contribution in [0, 0.1) is 0 Å². The number of benzene rings is 2. The Morgan fingerprint density at radius 2 is 1.94 bits per heavy atom. The number of ether oxygens (including phenoxy) is 3. The molecule has 8 nitrogen and oxygen atoms in total. The summed E-state index contributed by atoms with van der Waals surface area (Å²) in [5.41, 5.74) is 1.78. The van der Waals surface area contributed by atoms with E-state index in [2.05, 4.69) is 12.2 Å². The highest BCUT2D eigenvalue weighted by Crippen LogP contribution is 2.40. The first kappa shape index (κ1) is 22.6. The number of carbonyl (C=O) groups excluding carboxylic acids is 1. The molecule has 4 rings (SSSR count). The van der Waals surface area contributed by atoms with Crippen LogP contribution >= 0.6 is 0 Å². The standard InChI is InChI=1S/C23H28N2O6S/c1-4-30-20-9-8-17(14-21(20)32(27,28)25-10-12-29-13-11-25)24-23(26)19-7-5-6-18-15(2)16(3)31-22(18)19/h5-9,14-16H,4,10-13H2,1-3H3,(H,24,26)/t15-,16-/m0/s1. The summed E-state index contributed by atoms with van der Waals surface area (Å²) in [6.45, 7) is 7.38. The third-order valence-electron chi connectivity index (χ3n) is 5.88. The predicted molar refractivity (Wildman–Crippen MR) is 120 cm³/mol. The van der Waals surface area contributed by atoms with Gasteiger partial charge in [0, 0.05) is 30.3 Å². The summed E-state index contributed by atoms with van der Waals surface area (Å²) in [5.74, 6) is 0.663. The molecular weight excluding hydrogens is 432 g/mol. The van der Waals surface area contributed by atoms with E-state index in [4.69, 9.17) is 14.2 Å². The zero-order valence-corrected chi connectivity index (χ0v) is 19.3. The van der Waals surface area contributed by atoms with Gasteiger partial charge < -0.3 is 19.5 Å². The molecule has 0 unspecified atom stereocenters. The summed E-state index contributed by atoms with van der Waals surface area (Å²) >= 11 is 0. The molecule has 172 valence electrons. The summed E-state index contributed by atoms with van der Waals surface area (Å²) in [7, 11) is -3.81. The normalized spacial score (nSPS) is 21.0. The van der Waals surface area contributed by atoms with E-state index in [0.717, 1.165) is 5.56 Å². The molecule has 1 saturated heterocycles. The van der Waals surface area contributed by atoms with Gasteiger partial charge in [-0.15, -0.1) is 0 Å². The zero-order chi connectivity index (χ0) is 22.9. The largest absolute Gasteiger partial charge is 0.492 e. The predicted octanol–water partition coefficient (Wildman–Crippen LogP) is 3.24. The first-order valence-corrected chi connectivity index (χ1v) is 12.2. The Hall–Kier alpha value is -2.62.